The molecule has 0 aliphatic rings. The van der Waals surface area contributed by atoms with E-state index in [4.69, 9.17) is 4.98 Å². The second-order valence-electron chi connectivity index (χ2n) is 6.76. The fourth-order valence-electron chi connectivity index (χ4n) is 3.31. The van der Waals surface area contributed by atoms with Crippen molar-refractivity contribution in [3.05, 3.63) is 90.5 Å². The Bertz CT molecular complexity index is 1060. The van der Waals surface area contributed by atoms with Crippen molar-refractivity contribution in [2.75, 3.05) is 0 Å². The normalized spacial score (nSPS) is 11.0. The Hall–Kier alpha value is -2.92. The smallest absolute Gasteiger partial charge is 0.169 e. The number of benzene rings is 2. The molecule has 0 aliphatic heterocycles. The number of pyridine rings is 1. The van der Waals surface area contributed by atoms with E-state index < -0.39 is 0 Å². The molecule has 4 rings (SSSR count). The van der Waals surface area contributed by atoms with Crippen LogP contribution in [0, 0.1) is 5.82 Å². The summed E-state index contributed by atoms with van der Waals surface area (Å²) in [6, 6.07) is 21.0. The molecule has 0 atom stereocenters. The largest absolute Gasteiger partial charge is 0.318 e. The van der Waals surface area contributed by atoms with Gasteiger partial charge in [-0.2, -0.15) is 0 Å². The van der Waals surface area contributed by atoms with Crippen LogP contribution in [-0.2, 0) is 12.3 Å². The third-order valence-corrected chi connectivity index (χ3v) is 5.71. The monoisotopic (exact) mass is 403 g/mol. The molecule has 146 valence electrons. The van der Waals surface area contributed by atoms with E-state index in [-0.39, 0.29) is 5.82 Å². The van der Waals surface area contributed by atoms with E-state index in [0.717, 1.165) is 46.4 Å². The minimum absolute atomic E-state index is 0.245. The van der Waals surface area contributed by atoms with E-state index in [2.05, 4.69) is 40.7 Å². The molecule has 0 N–H and O–H groups in total. The number of rotatable bonds is 7. The second-order valence-corrected chi connectivity index (χ2v) is 7.70. The predicted octanol–water partition coefficient (Wildman–Crippen LogP) is 6.45. The van der Waals surface area contributed by atoms with Gasteiger partial charge in [0.2, 0.25) is 0 Å². The lowest BCUT2D eigenvalue weighted by Crippen LogP contribution is -2.02. The van der Waals surface area contributed by atoms with Gasteiger partial charge in [-0.15, -0.1) is 0 Å². The molecule has 0 radical (unpaired) electrons. The molecular formula is C24H22FN3S. The summed E-state index contributed by atoms with van der Waals surface area (Å²) in [5.41, 5.74) is 5.16. The van der Waals surface area contributed by atoms with Crippen molar-refractivity contribution in [1.29, 1.82) is 0 Å². The highest BCUT2D eigenvalue weighted by Gasteiger charge is 2.20. The third kappa shape index (κ3) is 4.40. The molecule has 29 heavy (non-hydrogen) atoms. The summed E-state index contributed by atoms with van der Waals surface area (Å²) in [5, 5.41) is 0.974. The Morgan fingerprint density at radius 2 is 1.62 bits per heavy atom. The van der Waals surface area contributed by atoms with Gasteiger partial charge >= 0.3 is 0 Å². The van der Waals surface area contributed by atoms with Gasteiger partial charge in [0, 0.05) is 35.8 Å². The van der Waals surface area contributed by atoms with Gasteiger partial charge in [0.25, 0.3) is 0 Å². The van der Waals surface area contributed by atoms with Crippen molar-refractivity contribution in [1.82, 2.24) is 14.5 Å². The molecule has 0 spiro atoms. The average Bonchev–Trinajstić information content (AvgIpc) is 3.13. The van der Waals surface area contributed by atoms with Crippen LogP contribution in [-0.4, -0.2) is 14.5 Å². The molecule has 5 heteroatoms. The Morgan fingerprint density at radius 3 is 2.31 bits per heavy atom. The number of thioether (sulfide) groups is 1. The maximum absolute atomic E-state index is 13.5. The van der Waals surface area contributed by atoms with Gasteiger partial charge in [0.1, 0.15) is 5.82 Å². The molecule has 0 saturated carbocycles. The first-order valence-electron chi connectivity index (χ1n) is 9.70. The Morgan fingerprint density at radius 1 is 0.897 bits per heavy atom. The molecule has 0 bridgehead atoms. The standard InChI is InChI=1S/C24H22FN3S/c1-2-16-28-23(20-12-14-26-15-13-20)22(19-8-10-21(25)11-9-19)27-24(28)29-17-18-6-4-3-5-7-18/h3-15H,2,16-17H2,1H3. The zero-order valence-electron chi connectivity index (χ0n) is 16.3. The van der Waals surface area contributed by atoms with Crippen LogP contribution in [0.1, 0.15) is 18.9 Å². The Balaban J connectivity index is 1.81. The zero-order chi connectivity index (χ0) is 20.1. The van der Waals surface area contributed by atoms with E-state index in [1.54, 1.807) is 36.3 Å². The van der Waals surface area contributed by atoms with E-state index in [1.807, 2.05) is 18.2 Å². The van der Waals surface area contributed by atoms with Gasteiger partial charge in [-0.25, -0.2) is 9.37 Å². The fourth-order valence-corrected chi connectivity index (χ4v) is 4.29. The summed E-state index contributed by atoms with van der Waals surface area (Å²) >= 11 is 1.73. The summed E-state index contributed by atoms with van der Waals surface area (Å²) in [5.74, 6) is 0.603. The average molecular weight is 404 g/mol. The number of hydrogen-bond acceptors (Lipinski definition) is 3. The molecule has 0 amide bonds. The van der Waals surface area contributed by atoms with Gasteiger partial charge in [-0.05, 0) is 48.4 Å². The van der Waals surface area contributed by atoms with Crippen LogP contribution in [0.2, 0.25) is 0 Å². The lowest BCUT2D eigenvalue weighted by atomic mass is 10.1. The Kier molecular flexibility index (Phi) is 6.06. The zero-order valence-corrected chi connectivity index (χ0v) is 17.1. The number of nitrogens with zero attached hydrogens (tertiary/aromatic N) is 3. The van der Waals surface area contributed by atoms with Crippen LogP contribution in [0.4, 0.5) is 4.39 Å². The topological polar surface area (TPSA) is 30.7 Å². The molecule has 4 aromatic rings. The van der Waals surface area contributed by atoms with Crippen LogP contribution < -0.4 is 0 Å². The molecule has 0 unspecified atom stereocenters. The molecule has 2 heterocycles. The van der Waals surface area contributed by atoms with Crippen LogP contribution in [0.3, 0.4) is 0 Å². The van der Waals surface area contributed by atoms with Crippen molar-refractivity contribution in [2.45, 2.75) is 30.8 Å². The highest BCUT2D eigenvalue weighted by atomic mass is 32.2. The van der Waals surface area contributed by atoms with Gasteiger partial charge < -0.3 is 4.57 Å². The molecule has 0 aliphatic carbocycles. The summed E-state index contributed by atoms with van der Waals surface area (Å²) in [7, 11) is 0. The van der Waals surface area contributed by atoms with Gasteiger partial charge in [-0.3, -0.25) is 4.98 Å². The van der Waals surface area contributed by atoms with Crippen molar-refractivity contribution in [3.8, 4) is 22.5 Å². The first-order valence-corrected chi connectivity index (χ1v) is 10.7. The van der Waals surface area contributed by atoms with Crippen molar-refractivity contribution in [2.24, 2.45) is 0 Å². The van der Waals surface area contributed by atoms with Crippen LogP contribution in [0.15, 0.2) is 84.3 Å². The molecule has 0 fully saturated rings. The second kappa shape index (κ2) is 9.05. The molecule has 2 aromatic heterocycles. The highest BCUT2D eigenvalue weighted by molar-refractivity contribution is 7.98. The first kappa shape index (κ1) is 19.4. The van der Waals surface area contributed by atoms with E-state index in [0.29, 0.717) is 0 Å². The first-order chi connectivity index (χ1) is 14.3. The lowest BCUT2D eigenvalue weighted by Gasteiger charge is -2.12. The van der Waals surface area contributed by atoms with Crippen LogP contribution in [0.25, 0.3) is 22.5 Å². The van der Waals surface area contributed by atoms with Crippen molar-refractivity contribution >= 4 is 11.8 Å². The highest BCUT2D eigenvalue weighted by Crippen LogP contribution is 2.36. The van der Waals surface area contributed by atoms with E-state index >= 15 is 0 Å². The minimum atomic E-state index is -0.245. The number of imidazole rings is 1. The lowest BCUT2D eigenvalue weighted by molar-refractivity contribution is 0.626. The SMILES string of the molecule is CCCn1c(SCc2ccccc2)nc(-c2ccc(F)cc2)c1-c1ccncc1. The van der Waals surface area contributed by atoms with Crippen LogP contribution >= 0.6 is 11.8 Å². The molecule has 2 aromatic carbocycles. The number of halogens is 1. The van der Waals surface area contributed by atoms with Crippen molar-refractivity contribution in [3.63, 3.8) is 0 Å². The fraction of sp³-hybridized carbons (Fsp3) is 0.167. The van der Waals surface area contributed by atoms with E-state index in [9.17, 15) is 4.39 Å². The number of aromatic nitrogens is 3. The third-order valence-electron chi connectivity index (χ3n) is 4.66. The minimum Gasteiger partial charge on any atom is -0.318 e. The quantitative estimate of drug-likeness (QED) is 0.332. The maximum atomic E-state index is 13.5. The molecule has 3 nitrogen and oxygen atoms in total. The summed E-state index contributed by atoms with van der Waals surface area (Å²) in [6.07, 6.45) is 4.59. The molecular weight excluding hydrogens is 381 g/mol. The maximum Gasteiger partial charge on any atom is 0.169 e. The van der Waals surface area contributed by atoms with Crippen molar-refractivity contribution < 1.29 is 4.39 Å². The van der Waals surface area contributed by atoms with Gasteiger partial charge in [0.15, 0.2) is 5.16 Å². The van der Waals surface area contributed by atoms with Gasteiger partial charge in [0.05, 0.1) is 11.4 Å². The van der Waals surface area contributed by atoms with Gasteiger partial charge in [-0.1, -0.05) is 49.0 Å². The Labute approximate surface area is 174 Å². The summed E-state index contributed by atoms with van der Waals surface area (Å²) in [4.78, 5) is 9.16. The molecule has 0 saturated heterocycles. The van der Waals surface area contributed by atoms with E-state index in [1.165, 1.54) is 17.7 Å². The summed E-state index contributed by atoms with van der Waals surface area (Å²) < 4.78 is 15.8. The number of hydrogen-bond donors (Lipinski definition) is 0. The van der Waals surface area contributed by atoms with Crippen LogP contribution in [0.5, 0.6) is 0 Å². The predicted molar refractivity (Wildman–Crippen MR) is 117 cm³/mol. The summed E-state index contributed by atoms with van der Waals surface area (Å²) in [6.45, 7) is 3.03.